The van der Waals surface area contributed by atoms with Crippen molar-refractivity contribution in [1.29, 1.82) is 0 Å². The van der Waals surface area contributed by atoms with Crippen molar-refractivity contribution in [3.05, 3.63) is 40.9 Å². The summed E-state index contributed by atoms with van der Waals surface area (Å²) in [6, 6.07) is 7.74. The first-order valence-corrected chi connectivity index (χ1v) is 6.58. The highest BCUT2D eigenvalue weighted by Gasteiger charge is 2.06. The lowest BCUT2D eigenvalue weighted by molar-refractivity contribution is -0.136. The minimum Gasteiger partial charge on any atom is -0.497 e. The van der Waals surface area contributed by atoms with Crippen LogP contribution in [0.1, 0.15) is 11.3 Å². The van der Waals surface area contributed by atoms with E-state index in [1.807, 2.05) is 24.3 Å². The van der Waals surface area contributed by atoms with Crippen molar-refractivity contribution in [2.75, 3.05) is 12.4 Å². The Bertz CT molecular complexity index is 569. The molecule has 0 bridgehead atoms. The van der Waals surface area contributed by atoms with Crippen molar-refractivity contribution >= 4 is 22.4 Å². The Morgan fingerprint density at radius 1 is 1.53 bits per heavy atom. The number of hydrogen-bond acceptors (Lipinski definition) is 5. The van der Waals surface area contributed by atoms with E-state index >= 15 is 0 Å². The molecule has 6 heteroatoms. The van der Waals surface area contributed by atoms with E-state index in [1.54, 1.807) is 12.5 Å². The summed E-state index contributed by atoms with van der Waals surface area (Å²) < 4.78 is 5.15. The molecule has 2 N–H and O–H groups in total. The van der Waals surface area contributed by atoms with Gasteiger partial charge in [-0.3, -0.25) is 4.79 Å². The maximum Gasteiger partial charge on any atom is 0.309 e. The molecule has 0 spiro atoms. The maximum atomic E-state index is 10.6. The molecule has 1 aromatic heterocycles. The van der Waals surface area contributed by atoms with Crippen molar-refractivity contribution in [2.24, 2.45) is 0 Å². The topological polar surface area (TPSA) is 71.5 Å². The molecule has 0 aliphatic carbocycles. The van der Waals surface area contributed by atoms with Crippen LogP contribution < -0.4 is 10.1 Å². The minimum atomic E-state index is -0.871. The lowest BCUT2D eigenvalue weighted by Gasteiger charge is -2.05. The van der Waals surface area contributed by atoms with E-state index in [0.717, 1.165) is 16.4 Å². The van der Waals surface area contributed by atoms with E-state index in [9.17, 15) is 4.79 Å². The highest BCUT2D eigenvalue weighted by Crippen LogP contribution is 2.18. The highest BCUT2D eigenvalue weighted by molar-refractivity contribution is 7.13. The number of aromatic nitrogens is 1. The number of carboxylic acids is 1. The Labute approximate surface area is 114 Å². The van der Waals surface area contributed by atoms with Crippen LogP contribution in [0.5, 0.6) is 5.75 Å². The van der Waals surface area contributed by atoms with Crippen LogP contribution in [0.2, 0.25) is 0 Å². The zero-order valence-corrected chi connectivity index (χ0v) is 11.2. The lowest BCUT2D eigenvalue weighted by Crippen LogP contribution is -2.02. The summed E-state index contributed by atoms with van der Waals surface area (Å²) in [5.41, 5.74) is 1.65. The third-order valence-corrected chi connectivity index (χ3v) is 3.31. The maximum absolute atomic E-state index is 10.6. The summed E-state index contributed by atoms with van der Waals surface area (Å²) in [4.78, 5) is 14.8. The molecule has 0 aliphatic heterocycles. The first-order chi connectivity index (χ1) is 9.17. The predicted octanol–water partition coefficient (Wildman–Crippen LogP) is 2.39. The van der Waals surface area contributed by atoms with Gasteiger partial charge in [0, 0.05) is 11.9 Å². The number of hydrogen-bond donors (Lipinski definition) is 2. The fraction of sp³-hybridized carbons (Fsp3) is 0.231. The lowest BCUT2D eigenvalue weighted by atomic mass is 10.2. The zero-order chi connectivity index (χ0) is 13.7. The van der Waals surface area contributed by atoms with Gasteiger partial charge in [-0.15, -0.1) is 11.3 Å². The Kier molecular flexibility index (Phi) is 4.35. The number of aliphatic carboxylic acids is 1. The van der Waals surface area contributed by atoms with Gasteiger partial charge >= 0.3 is 5.97 Å². The number of ether oxygens (including phenoxy) is 1. The standard InChI is InChI=1S/C13H14N2O3S/c1-18-11-4-2-3-9(5-11)7-14-13-15-10(8-19-13)6-12(16)17/h2-5,8H,6-7H2,1H3,(H,14,15)(H,16,17). The number of rotatable bonds is 6. The van der Waals surface area contributed by atoms with Crippen LogP contribution in [0.4, 0.5) is 5.13 Å². The average molecular weight is 278 g/mol. The van der Waals surface area contributed by atoms with E-state index in [-0.39, 0.29) is 6.42 Å². The molecular formula is C13H14N2O3S. The van der Waals surface area contributed by atoms with Gasteiger partial charge < -0.3 is 15.2 Å². The Morgan fingerprint density at radius 2 is 2.37 bits per heavy atom. The molecule has 0 atom stereocenters. The SMILES string of the molecule is COc1cccc(CNc2nc(CC(=O)O)cs2)c1. The monoisotopic (exact) mass is 278 g/mol. The van der Waals surface area contributed by atoms with Crippen LogP contribution in [-0.4, -0.2) is 23.2 Å². The molecule has 2 rings (SSSR count). The van der Waals surface area contributed by atoms with Gasteiger partial charge in [-0.05, 0) is 17.7 Å². The molecule has 2 aromatic rings. The molecule has 0 aliphatic rings. The van der Waals surface area contributed by atoms with Gasteiger partial charge in [0.05, 0.1) is 19.2 Å². The molecule has 0 radical (unpaired) electrons. The number of anilines is 1. The molecule has 19 heavy (non-hydrogen) atoms. The molecular weight excluding hydrogens is 264 g/mol. The van der Waals surface area contributed by atoms with Crippen LogP contribution in [0.25, 0.3) is 0 Å². The van der Waals surface area contributed by atoms with E-state index in [4.69, 9.17) is 9.84 Å². The normalized spacial score (nSPS) is 10.2. The average Bonchev–Trinajstić information content (AvgIpc) is 2.83. The van der Waals surface area contributed by atoms with E-state index < -0.39 is 5.97 Å². The molecule has 0 saturated carbocycles. The van der Waals surface area contributed by atoms with Crippen molar-refractivity contribution in [2.45, 2.75) is 13.0 Å². The Balaban J connectivity index is 1.94. The second-order valence-corrected chi connectivity index (χ2v) is 4.78. The van der Waals surface area contributed by atoms with Crippen LogP contribution in [0.3, 0.4) is 0 Å². The molecule has 0 amide bonds. The van der Waals surface area contributed by atoms with Gasteiger partial charge in [0.1, 0.15) is 5.75 Å². The minimum absolute atomic E-state index is 0.0443. The van der Waals surface area contributed by atoms with Crippen molar-refractivity contribution in [1.82, 2.24) is 4.98 Å². The third-order valence-electron chi connectivity index (χ3n) is 2.46. The summed E-state index contributed by atoms with van der Waals surface area (Å²) >= 11 is 1.40. The van der Waals surface area contributed by atoms with Crippen LogP contribution in [-0.2, 0) is 17.8 Å². The highest BCUT2D eigenvalue weighted by atomic mass is 32.1. The number of methoxy groups -OCH3 is 1. The smallest absolute Gasteiger partial charge is 0.309 e. The van der Waals surface area contributed by atoms with Crippen molar-refractivity contribution in [3.8, 4) is 5.75 Å². The Hall–Kier alpha value is -2.08. The second-order valence-electron chi connectivity index (χ2n) is 3.92. The number of carbonyl (C=O) groups is 1. The third kappa shape index (κ3) is 3.96. The Morgan fingerprint density at radius 3 is 3.11 bits per heavy atom. The molecule has 0 saturated heterocycles. The predicted molar refractivity (Wildman–Crippen MR) is 73.8 cm³/mol. The second kappa shape index (κ2) is 6.19. The number of carboxylic acid groups (broad SMARTS) is 1. The molecule has 5 nitrogen and oxygen atoms in total. The fourth-order valence-corrected chi connectivity index (χ4v) is 2.29. The van der Waals surface area contributed by atoms with E-state index in [2.05, 4.69) is 10.3 Å². The molecule has 1 heterocycles. The van der Waals surface area contributed by atoms with Gasteiger partial charge in [0.25, 0.3) is 0 Å². The quantitative estimate of drug-likeness (QED) is 0.849. The van der Waals surface area contributed by atoms with Gasteiger partial charge in [0.15, 0.2) is 5.13 Å². The van der Waals surface area contributed by atoms with E-state index in [0.29, 0.717) is 12.2 Å². The number of nitrogens with one attached hydrogen (secondary N) is 1. The zero-order valence-electron chi connectivity index (χ0n) is 10.4. The largest absolute Gasteiger partial charge is 0.497 e. The molecule has 0 fully saturated rings. The summed E-state index contributed by atoms with van der Waals surface area (Å²) in [5, 5.41) is 14.3. The summed E-state index contributed by atoms with van der Waals surface area (Å²) in [7, 11) is 1.63. The first kappa shape index (κ1) is 13.4. The number of thiazole rings is 1. The number of benzene rings is 1. The van der Waals surface area contributed by atoms with Crippen LogP contribution >= 0.6 is 11.3 Å². The molecule has 0 unspecified atom stereocenters. The summed E-state index contributed by atoms with van der Waals surface area (Å²) in [6.07, 6.45) is -0.0443. The van der Waals surface area contributed by atoms with Gasteiger partial charge in [-0.2, -0.15) is 0 Å². The van der Waals surface area contributed by atoms with Crippen molar-refractivity contribution < 1.29 is 14.6 Å². The molecule has 100 valence electrons. The molecule has 1 aromatic carbocycles. The fourth-order valence-electron chi connectivity index (χ4n) is 1.58. The van der Waals surface area contributed by atoms with Crippen LogP contribution in [0, 0.1) is 0 Å². The first-order valence-electron chi connectivity index (χ1n) is 5.70. The van der Waals surface area contributed by atoms with Gasteiger partial charge in [-0.25, -0.2) is 4.98 Å². The van der Waals surface area contributed by atoms with Crippen molar-refractivity contribution in [3.63, 3.8) is 0 Å². The number of nitrogens with zero attached hydrogens (tertiary/aromatic N) is 1. The summed E-state index contributed by atoms with van der Waals surface area (Å²) in [6.45, 7) is 0.622. The van der Waals surface area contributed by atoms with Crippen LogP contribution in [0.15, 0.2) is 29.6 Å². The van der Waals surface area contributed by atoms with Gasteiger partial charge in [0.2, 0.25) is 0 Å². The summed E-state index contributed by atoms with van der Waals surface area (Å²) in [5.74, 6) is -0.0605. The van der Waals surface area contributed by atoms with E-state index in [1.165, 1.54) is 11.3 Å². The van der Waals surface area contributed by atoms with Gasteiger partial charge in [-0.1, -0.05) is 12.1 Å².